The Hall–Kier alpha value is -1.65. The number of rotatable bonds is 4. The van der Waals surface area contributed by atoms with Gasteiger partial charge in [0.25, 0.3) is 0 Å². The Kier molecular flexibility index (Phi) is 3.56. The zero-order valence-corrected chi connectivity index (χ0v) is 9.89. The van der Waals surface area contributed by atoms with E-state index in [1.165, 1.54) is 0 Å². The summed E-state index contributed by atoms with van der Waals surface area (Å²) >= 11 is 5.78. The third kappa shape index (κ3) is 2.72. The van der Waals surface area contributed by atoms with E-state index in [-0.39, 0.29) is 5.78 Å². The van der Waals surface area contributed by atoms with E-state index in [1.54, 1.807) is 29.2 Å². The van der Waals surface area contributed by atoms with Crippen molar-refractivity contribution in [1.29, 1.82) is 0 Å². The molecule has 0 radical (unpaired) electrons. The molecule has 5 heteroatoms. The fourth-order valence-corrected chi connectivity index (χ4v) is 1.65. The first-order valence-electron chi connectivity index (χ1n) is 5.24. The average molecular weight is 250 g/mol. The molecule has 2 rings (SSSR count). The van der Waals surface area contributed by atoms with Gasteiger partial charge in [-0.05, 0) is 30.8 Å². The summed E-state index contributed by atoms with van der Waals surface area (Å²) in [6, 6.07) is 7.19. The minimum atomic E-state index is 0.0533. The van der Waals surface area contributed by atoms with Gasteiger partial charge in [0.05, 0.1) is 16.9 Å². The van der Waals surface area contributed by atoms with Gasteiger partial charge in [0, 0.05) is 18.2 Å². The molecule has 0 unspecified atom stereocenters. The van der Waals surface area contributed by atoms with Gasteiger partial charge in [0.1, 0.15) is 0 Å². The maximum atomic E-state index is 11.6. The normalized spacial score (nSPS) is 10.5. The lowest BCUT2D eigenvalue weighted by Crippen LogP contribution is -2.08. The minimum Gasteiger partial charge on any atom is -0.330 e. The van der Waals surface area contributed by atoms with Crippen LogP contribution in [-0.4, -0.2) is 22.1 Å². The van der Waals surface area contributed by atoms with Crippen molar-refractivity contribution in [3.05, 3.63) is 47.2 Å². The first-order chi connectivity index (χ1) is 8.20. The highest BCUT2D eigenvalue weighted by atomic mass is 35.5. The standard InChI is InChI=1S/C12H12ClN3O/c13-10-7-15-16(8-10)11-3-1-9(2-4-11)12(17)5-6-14/h1-4,7-8H,5-6,14H2. The Morgan fingerprint density at radius 3 is 2.59 bits per heavy atom. The molecule has 0 saturated heterocycles. The summed E-state index contributed by atoms with van der Waals surface area (Å²) < 4.78 is 1.65. The highest BCUT2D eigenvalue weighted by Gasteiger charge is 2.05. The third-order valence-corrected chi connectivity index (χ3v) is 2.57. The van der Waals surface area contributed by atoms with Gasteiger partial charge in [0.2, 0.25) is 0 Å². The van der Waals surface area contributed by atoms with E-state index in [9.17, 15) is 4.79 Å². The fourth-order valence-electron chi connectivity index (χ4n) is 1.52. The number of ketones is 1. The fraction of sp³-hybridized carbons (Fsp3) is 0.167. The lowest BCUT2D eigenvalue weighted by molar-refractivity contribution is 0.0985. The molecule has 4 nitrogen and oxygen atoms in total. The van der Waals surface area contributed by atoms with Crippen LogP contribution in [0, 0.1) is 0 Å². The molecule has 0 saturated carbocycles. The molecule has 0 spiro atoms. The summed E-state index contributed by atoms with van der Waals surface area (Å²) in [5.74, 6) is 0.0533. The summed E-state index contributed by atoms with van der Waals surface area (Å²) in [7, 11) is 0. The van der Waals surface area contributed by atoms with Crippen LogP contribution in [0.5, 0.6) is 0 Å². The number of carbonyl (C=O) groups excluding carboxylic acids is 1. The smallest absolute Gasteiger partial charge is 0.164 e. The van der Waals surface area contributed by atoms with Crippen LogP contribution in [0.2, 0.25) is 5.02 Å². The number of nitrogens with two attached hydrogens (primary N) is 1. The Labute approximate surface area is 104 Å². The second kappa shape index (κ2) is 5.12. The van der Waals surface area contributed by atoms with E-state index < -0.39 is 0 Å². The molecular weight excluding hydrogens is 238 g/mol. The van der Waals surface area contributed by atoms with Gasteiger partial charge < -0.3 is 5.73 Å². The van der Waals surface area contributed by atoms with Crippen LogP contribution >= 0.6 is 11.6 Å². The molecule has 0 fully saturated rings. The maximum absolute atomic E-state index is 11.6. The summed E-state index contributed by atoms with van der Waals surface area (Å²) in [5.41, 5.74) is 6.87. The van der Waals surface area contributed by atoms with Crippen LogP contribution in [0.3, 0.4) is 0 Å². The summed E-state index contributed by atoms with van der Waals surface area (Å²) in [6.45, 7) is 0.370. The molecule has 1 aromatic heterocycles. The first kappa shape index (κ1) is 11.8. The van der Waals surface area contributed by atoms with E-state index in [4.69, 9.17) is 17.3 Å². The number of benzene rings is 1. The van der Waals surface area contributed by atoms with Crippen LogP contribution in [0.1, 0.15) is 16.8 Å². The van der Waals surface area contributed by atoms with Gasteiger partial charge in [-0.25, -0.2) is 4.68 Å². The van der Waals surface area contributed by atoms with E-state index in [0.717, 1.165) is 5.69 Å². The topological polar surface area (TPSA) is 60.9 Å². The molecule has 0 aliphatic carbocycles. The lowest BCUT2D eigenvalue weighted by Gasteiger charge is -2.03. The molecular formula is C12H12ClN3O. The van der Waals surface area contributed by atoms with E-state index in [2.05, 4.69) is 5.10 Å². The Morgan fingerprint density at radius 2 is 2.06 bits per heavy atom. The van der Waals surface area contributed by atoms with Crippen molar-refractivity contribution in [2.24, 2.45) is 5.73 Å². The van der Waals surface area contributed by atoms with Gasteiger partial charge in [0.15, 0.2) is 5.78 Å². The zero-order chi connectivity index (χ0) is 12.3. The van der Waals surface area contributed by atoms with Gasteiger partial charge in [-0.2, -0.15) is 5.10 Å². The van der Waals surface area contributed by atoms with Gasteiger partial charge in [-0.1, -0.05) is 11.6 Å². The number of halogens is 1. The van der Waals surface area contributed by atoms with Crippen molar-refractivity contribution in [3.8, 4) is 5.69 Å². The van der Waals surface area contributed by atoms with E-state index in [1.807, 2.05) is 12.1 Å². The lowest BCUT2D eigenvalue weighted by atomic mass is 10.1. The largest absolute Gasteiger partial charge is 0.330 e. The van der Waals surface area contributed by atoms with E-state index in [0.29, 0.717) is 23.6 Å². The van der Waals surface area contributed by atoms with Crippen molar-refractivity contribution < 1.29 is 4.79 Å². The molecule has 1 heterocycles. The molecule has 0 bridgehead atoms. The molecule has 1 aromatic carbocycles. The van der Waals surface area contributed by atoms with Gasteiger partial charge in [-0.3, -0.25) is 4.79 Å². The van der Waals surface area contributed by atoms with Crippen molar-refractivity contribution in [3.63, 3.8) is 0 Å². The van der Waals surface area contributed by atoms with Crippen LogP contribution in [0.25, 0.3) is 5.69 Å². The first-order valence-corrected chi connectivity index (χ1v) is 5.62. The summed E-state index contributed by atoms with van der Waals surface area (Å²) in [6.07, 6.45) is 3.64. The van der Waals surface area contributed by atoms with Crippen molar-refractivity contribution >= 4 is 17.4 Å². The number of Topliss-reactive ketones (excluding diaryl/α,β-unsaturated/α-hetero) is 1. The molecule has 0 aliphatic rings. The van der Waals surface area contributed by atoms with Gasteiger partial charge >= 0.3 is 0 Å². The average Bonchev–Trinajstić information content (AvgIpc) is 2.76. The zero-order valence-electron chi connectivity index (χ0n) is 9.14. The van der Waals surface area contributed by atoms with Crippen LogP contribution in [0.15, 0.2) is 36.7 Å². The monoisotopic (exact) mass is 249 g/mol. The second-order valence-electron chi connectivity index (χ2n) is 3.61. The molecule has 0 aliphatic heterocycles. The molecule has 0 amide bonds. The predicted octanol–water partition coefficient (Wildman–Crippen LogP) is 2.06. The van der Waals surface area contributed by atoms with Crippen molar-refractivity contribution in [1.82, 2.24) is 9.78 Å². The number of hydrogen-bond acceptors (Lipinski definition) is 3. The highest BCUT2D eigenvalue weighted by molar-refractivity contribution is 6.30. The molecule has 2 aromatic rings. The SMILES string of the molecule is NCCC(=O)c1ccc(-n2cc(Cl)cn2)cc1. The van der Waals surface area contributed by atoms with Crippen LogP contribution in [0.4, 0.5) is 0 Å². The number of nitrogens with zero attached hydrogens (tertiary/aromatic N) is 2. The molecule has 0 atom stereocenters. The van der Waals surface area contributed by atoms with Crippen molar-refractivity contribution in [2.45, 2.75) is 6.42 Å². The maximum Gasteiger partial charge on any atom is 0.164 e. The third-order valence-electron chi connectivity index (χ3n) is 2.38. The predicted molar refractivity (Wildman–Crippen MR) is 66.6 cm³/mol. The molecule has 2 N–H and O–H groups in total. The minimum absolute atomic E-state index is 0.0533. The second-order valence-corrected chi connectivity index (χ2v) is 4.05. The molecule has 88 valence electrons. The number of hydrogen-bond donors (Lipinski definition) is 1. The number of aromatic nitrogens is 2. The van der Waals surface area contributed by atoms with Crippen LogP contribution in [-0.2, 0) is 0 Å². The quantitative estimate of drug-likeness (QED) is 0.844. The van der Waals surface area contributed by atoms with Gasteiger partial charge in [-0.15, -0.1) is 0 Å². The summed E-state index contributed by atoms with van der Waals surface area (Å²) in [4.78, 5) is 11.6. The van der Waals surface area contributed by atoms with E-state index >= 15 is 0 Å². The Morgan fingerprint density at radius 1 is 1.35 bits per heavy atom. The molecule has 17 heavy (non-hydrogen) atoms. The Balaban J connectivity index is 2.21. The summed E-state index contributed by atoms with van der Waals surface area (Å²) in [5, 5.41) is 4.65. The van der Waals surface area contributed by atoms with Crippen LogP contribution < -0.4 is 5.73 Å². The van der Waals surface area contributed by atoms with Crippen molar-refractivity contribution in [2.75, 3.05) is 6.54 Å². The Bertz CT molecular complexity index is 519. The highest BCUT2D eigenvalue weighted by Crippen LogP contribution is 2.13. The number of carbonyl (C=O) groups is 1.